The van der Waals surface area contributed by atoms with E-state index in [-0.39, 0.29) is 23.7 Å². The summed E-state index contributed by atoms with van der Waals surface area (Å²) in [5.41, 5.74) is -1.13. The molecule has 2 N–H and O–H groups in total. The summed E-state index contributed by atoms with van der Waals surface area (Å²) in [7, 11) is -3.66. The first-order chi connectivity index (χ1) is 9.35. The Bertz CT molecular complexity index is 701. The van der Waals surface area contributed by atoms with E-state index < -0.39 is 27.5 Å². The number of nitrogens with one attached hydrogen (secondary N) is 2. The average molecular weight is 380 g/mol. The zero-order chi connectivity index (χ0) is 14.5. The number of nitrogens with zero attached hydrogens (tertiary/aromatic N) is 1. The number of hydrogen-bond acceptors (Lipinski definition) is 5. The zero-order valence-corrected chi connectivity index (χ0v) is 13.3. The van der Waals surface area contributed by atoms with Gasteiger partial charge in [-0.25, -0.2) is 13.2 Å². The SMILES string of the molecule is O=C1NC(=O)C2(CCN(S(=O)(=O)c3sccc3Br)C2)N1. The van der Waals surface area contributed by atoms with Crippen molar-refractivity contribution in [2.45, 2.75) is 16.2 Å². The molecular formula is C10H10BrN3O4S2. The van der Waals surface area contributed by atoms with Gasteiger partial charge in [-0.3, -0.25) is 10.1 Å². The molecule has 108 valence electrons. The molecule has 0 aliphatic carbocycles. The molecule has 0 saturated carbocycles. The van der Waals surface area contributed by atoms with Crippen LogP contribution in [0.25, 0.3) is 0 Å². The molecule has 3 amide bonds. The largest absolute Gasteiger partial charge is 0.322 e. The maximum atomic E-state index is 12.5. The second-order valence-electron chi connectivity index (χ2n) is 4.63. The lowest BCUT2D eigenvalue weighted by molar-refractivity contribution is -0.123. The topological polar surface area (TPSA) is 95.6 Å². The van der Waals surface area contributed by atoms with Crippen LogP contribution in [0.15, 0.2) is 20.1 Å². The number of rotatable bonds is 2. The van der Waals surface area contributed by atoms with Crippen LogP contribution < -0.4 is 10.6 Å². The third-order valence-corrected chi connectivity index (χ3v) is 7.90. The maximum Gasteiger partial charge on any atom is 0.322 e. The lowest BCUT2D eigenvalue weighted by Gasteiger charge is -2.20. The third-order valence-electron chi connectivity index (χ3n) is 3.41. The Kier molecular flexibility index (Phi) is 3.16. The lowest BCUT2D eigenvalue weighted by Crippen LogP contribution is -2.49. The minimum Gasteiger partial charge on any atom is -0.322 e. The number of sulfonamides is 1. The number of carbonyl (C=O) groups excluding carboxylic acids is 2. The Morgan fingerprint density at radius 2 is 2.15 bits per heavy atom. The summed E-state index contributed by atoms with van der Waals surface area (Å²) in [5.74, 6) is -0.467. The van der Waals surface area contributed by atoms with Gasteiger partial charge in [0.15, 0.2) is 0 Å². The fraction of sp³-hybridized carbons (Fsp3) is 0.400. The van der Waals surface area contributed by atoms with Crippen molar-refractivity contribution >= 4 is 49.2 Å². The number of thiophene rings is 1. The molecule has 1 unspecified atom stereocenters. The van der Waals surface area contributed by atoms with Crippen LogP contribution in [0, 0.1) is 0 Å². The Morgan fingerprint density at radius 1 is 1.40 bits per heavy atom. The van der Waals surface area contributed by atoms with Gasteiger partial charge in [-0.05, 0) is 33.8 Å². The first-order valence-corrected chi connectivity index (χ1v) is 8.83. The second-order valence-corrected chi connectivity index (χ2v) is 8.54. The molecule has 0 bridgehead atoms. The molecule has 1 aromatic heterocycles. The van der Waals surface area contributed by atoms with E-state index >= 15 is 0 Å². The van der Waals surface area contributed by atoms with Gasteiger partial charge in [0.2, 0.25) is 0 Å². The van der Waals surface area contributed by atoms with E-state index in [0.29, 0.717) is 4.47 Å². The summed E-state index contributed by atoms with van der Waals surface area (Å²) in [6.45, 7) is 0.150. The van der Waals surface area contributed by atoms with Crippen LogP contribution in [-0.2, 0) is 14.8 Å². The van der Waals surface area contributed by atoms with Crippen LogP contribution in [0.2, 0.25) is 0 Å². The van der Waals surface area contributed by atoms with Crippen molar-refractivity contribution in [3.8, 4) is 0 Å². The van der Waals surface area contributed by atoms with Crippen molar-refractivity contribution in [3.63, 3.8) is 0 Å². The summed E-state index contributed by atoms with van der Waals surface area (Å²) >= 11 is 4.31. The highest BCUT2D eigenvalue weighted by Crippen LogP contribution is 2.34. The van der Waals surface area contributed by atoms with Crippen LogP contribution in [0.4, 0.5) is 4.79 Å². The molecule has 3 rings (SSSR count). The van der Waals surface area contributed by atoms with Crippen molar-refractivity contribution in [2.75, 3.05) is 13.1 Å². The molecule has 0 radical (unpaired) electrons. The van der Waals surface area contributed by atoms with Gasteiger partial charge in [0.1, 0.15) is 9.75 Å². The minimum absolute atomic E-state index is 0.0444. The van der Waals surface area contributed by atoms with E-state index in [4.69, 9.17) is 0 Å². The molecule has 2 aliphatic rings. The van der Waals surface area contributed by atoms with Gasteiger partial charge in [0.25, 0.3) is 15.9 Å². The van der Waals surface area contributed by atoms with Crippen LogP contribution in [0.3, 0.4) is 0 Å². The van der Waals surface area contributed by atoms with Crippen LogP contribution in [0.1, 0.15) is 6.42 Å². The summed E-state index contributed by atoms with van der Waals surface area (Å²) in [5, 5.41) is 6.35. The number of imide groups is 1. The molecule has 2 saturated heterocycles. The van der Waals surface area contributed by atoms with Crippen LogP contribution in [0.5, 0.6) is 0 Å². The van der Waals surface area contributed by atoms with E-state index in [1.165, 1.54) is 4.31 Å². The number of carbonyl (C=O) groups is 2. The van der Waals surface area contributed by atoms with Gasteiger partial charge in [0, 0.05) is 17.6 Å². The second kappa shape index (κ2) is 4.52. The predicted molar refractivity (Wildman–Crippen MR) is 74.8 cm³/mol. The molecule has 10 heteroatoms. The van der Waals surface area contributed by atoms with Crippen molar-refractivity contribution in [1.29, 1.82) is 0 Å². The summed E-state index contributed by atoms with van der Waals surface area (Å²) in [6.07, 6.45) is 0.271. The van der Waals surface area contributed by atoms with E-state index in [1.807, 2.05) is 0 Å². The lowest BCUT2D eigenvalue weighted by atomic mass is 10.00. The number of halogens is 1. The molecular weight excluding hydrogens is 370 g/mol. The molecule has 1 spiro atoms. The summed E-state index contributed by atoms with van der Waals surface area (Å²) < 4.78 is 27.0. The van der Waals surface area contributed by atoms with Crippen molar-refractivity contribution in [1.82, 2.24) is 14.9 Å². The molecule has 1 aromatic rings. The van der Waals surface area contributed by atoms with Crippen molar-refractivity contribution in [3.05, 3.63) is 15.9 Å². The van der Waals surface area contributed by atoms with Gasteiger partial charge >= 0.3 is 6.03 Å². The Labute approximate surface area is 127 Å². The summed E-state index contributed by atoms with van der Waals surface area (Å²) in [6, 6.07) is 1.08. The molecule has 2 aliphatic heterocycles. The zero-order valence-electron chi connectivity index (χ0n) is 10.1. The Morgan fingerprint density at radius 3 is 2.70 bits per heavy atom. The predicted octanol–water partition coefficient (Wildman–Crippen LogP) is 0.483. The third kappa shape index (κ3) is 1.98. The smallest absolute Gasteiger partial charge is 0.322 e. The van der Waals surface area contributed by atoms with E-state index in [2.05, 4.69) is 26.6 Å². The summed E-state index contributed by atoms with van der Waals surface area (Å²) in [4.78, 5) is 23.0. The highest BCUT2D eigenvalue weighted by atomic mass is 79.9. The number of amides is 3. The quantitative estimate of drug-likeness (QED) is 0.730. The molecule has 20 heavy (non-hydrogen) atoms. The van der Waals surface area contributed by atoms with E-state index in [1.54, 1.807) is 11.4 Å². The number of hydrogen-bond donors (Lipinski definition) is 2. The first kappa shape index (κ1) is 14.0. The fourth-order valence-electron chi connectivity index (χ4n) is 2.38. The Hall–Kier alpha value is -0.970. The van der Waals surface area contributed by atoms with E-state index in [9.17, 15) is 18.0 Å². The van der Waals surface area contributed by atoms with Gasteiger partial charge in [-0.15, -0.1) is 11.3 Å². The maximum absolute atomic E-state index is 12.5. The van der Waals surface area contributed by atoms with Gasteiger partial charge < -0.3 is 5.32 Å². The van der Waals surface area contributed by atoms with Gasteiger partial charge in [-0.1, -0.05) is 0 Å². The number of urea groups is 1. The molecule has 3 heterocycles. The molecule has 1 atom stereocenters. The van der Waals surface area contributed by atoms with Gasteiger partial charge in [0.05, 0.1) is 0 Å². The van der Waals surface area contributed by atoms with Crippen molar-refractivity contribution < 1.29 is 18.0 Å². The monoisotopic (exact) mass is 379 g/mol. The minimum atomic E-state index is -3.66. The highest BCUT2D eigenvalue weighted by molar-refractivity contribution is 9.10. The molecule has 0 aromatic carbocycles. The van der Waals surface area contributed by atoms with Gasteiger partial charge in [-0.2, -0.15) is 4.31 Å². The van der Waals surface area contributed by atoms with E-state index in [0.717, 1.165) is 11.3 Å². The van der Waals surface area contributed by atoms with Crippen LogP contribution >= 0.6 is 27.3 Å². The highest BCUT2D eigenvalue weighted by Gasteiger charge is 2.53. The molecule has 7 nitrogen and oxygen atoms in total. The van der Waals surface area contributed by atoms with Crippen molar-refractivity contribution in [2.24, 2.45) is 0 Å². The fourth-order valence-corrected chi connectivity index (χ4v) is 6.33. The average Bonchev–Trinajstić information content (AvgIpc) is 3.02. The Balaban J connectivity index is 1.90. The standard InChI is InChI=1S/C10H10BrN3O4S2/c11-6-1-4-19-7(6)20(17,18)14-3-2-10(5-14)8(15)12-9(16)13-10/h1,4H,2-3,5H2,(H2,12,13,15,16). The molecule has 2 fully saturated rings. The van der Waals surface area contributed by atoms with Crippen LogP contribution in [-0.4, -0.2) is 43.3 Å². The normalized spacial score (nSPS) is 27.1. The first-order valence-electron chi connectivity index (χ1n) is 5.72.